The van der Waals surface area contributed by atoms with Crippen molar-refractivity contribution in [3.8, 4) is 0 Å². The van der Waals surface area contributed by atoms with Gasteiger partial charge >= 0.3 is 0 Å². The highest BCUT2D eigenvalue weighted by Crippen LogP contribution is 2.15. The molecule has 2 aromatic rings. The molecule has 110 valence electrons. The Morgan fingerprint density at radius 2 is 1.71 bits per heavy atom. The lowest BCUT2D eigenvalue weighted by molar-refractivity contribution is 0.102. The summed E-state index contributed by atoms with van der Waals surface area (Å²) < 4.78 is 24.5. The van der Waals surface area contributed by atoms with Crippen LogP contribution in [0.2, 0.25) is 5.15 Å². The topological polar surface area (TPSA) is 88.2 Å². The molecular weight excluding hydrogens is 314 g/mol. The van der Waals surface area contributed by atoms with Crippen molar-refractivity contribution in [1.29, 1.82) is 0 Å². The second kappa shape index (κ2) is 6.11. The van der Waals surface area contributed by atoms with E-state index < -0.39 is 15.9 Å². The van der Waals surface area contributed by atoms with Crippen LogP contribution in [0, 0.1) is 0 Å². The molecule has 1 heterocycles. The molecule has 6 nitrogen and oxygen atoms in total. The number of nitrogens with zero attached hydrogens (tertiary/aromatic N) is 1. The van der Waals surface area contributed by atoms with E-state index in [2.05, 4.69) is 15.0 Å². The van der Waals surface area contributed by atoms with Gasteiger partial charge in [0.1, 0.15) is 10.8 Å². The van der Waals surface area contributed by atoms with Crippen molar-refractivity contribution in [2.45, 2.75) is 0 Å². The van der Waals surface area contributed by atoms with Gasteiger partial charge < -0.3 is 5.32 Å². The Hall–Kier alpha value is -2.12. The summed E-state index contributed by atoms with van der Waals surface area (Å²) in [5, 5.41) is 2.87. The van der Waals surface area contributed by atoms with E-state index in [9.17, 15) is 13.2 Å². The highest BCUT2D eigenvalue weighted by Gasteiger charge is 2.08. The van der Waals surface area contributed by atoms with Gasteiger partial charge in [-0.2, -0.15) is 0 Å². The van der Waals surface area contributed by atoms with Crippen LogP contribution in [0.1, 0.15) is 10.5 Å². The number of carbonyl (C=O) groups is 1. The molecule has 0 unspecified atom stereocenters. The van der Waals surface area contributed by atoms with Crippen molar-refractivity contribution in [2.75, 3.05) is 16.3 Å². The standard InChI is InChI=1S/C13H12ClN3O3S/c1-21(19,20)17-10-7-5-9(6-8-10)15-13(18)11-3-2-4-12(14)16-11/h2-8,17H,1H3,(H,15,18). The summed E-state index contributed by atoms with van der Waals surface area (Å²) >= 11 is 5.72. The predicted octanol–water partition coefficient (Wildman–Crippen LogP) is 2.36. The van der Waals surface area contributed by atoms with Gasteiger partial charge in [0.05, 0.1) is 6.26 Å². The first kappa shape index (κ1) is 15.3. The van der Waals surface area contributed by atoms with Gasteiger partial charge in [0.2, 0.25) is 10.0 Å². The van der Waals surface area contributed by atoms with E-state index in [4.69, 9.17) is 11.6 Å². The number of carbonyl (C=O) groups excluding carboxylic acids is 1. The Kier molecular flexibility index (Phi) is 4.44. The Morgan fingerprint density at radius 3 is 2.29 bits per heavy atom. The number of amides is 1. The Morgan fingerprint density at radius 1 is 1.10 bits per heavy atom. The Bertz CT molecular complexity index is 760. The minimum atomic E-state index is -3.32. The molecule has 1 amide bonds. The van der Waals surface area contributed by atoms with E-state index in [-0.39, 0.29) is 10.8 Å². The van der Waals surface area contributed by atoms with E-state index in [1.54, 1.807) is 42.5 Å². The molecule has 0 aliphatic rings. The minimum absolute atomic E-state index is 0.195. The molecule has 0 aliphatic heterocycles. The summed E-state index contributed by atoms with van der Waals surface area (Å²) in [6.07, 6.45) is 1.06. The number of pyridine rings is 1. The molecule has 1 aromatic carbocycles. The quantitative estimate of drug-likeness (QED) is 0.845. The molecule has 21 heavy (non-hydrogen) atoms. The summed E-state index contributed by atoms with van der Waals surface area (Å²) in [7, 11) is -3.32. The fourth-order valence-electron chi connectivity index (χ4n) is 1.57. The largest absolute Gasteiger partial charge is 0.321 e. The second-order valence-corrected chi connectivity index (χ2v) is 6.39. The van der Waals surface area contributed by atoms with Crippen molar-refractivity contribution < 1.29 is 13.2 Å². The fourth-order valence-corrected chi connectivity index (χ4v) is 2.29. The van der Waals surface area contributed by atoms with Crippen molar-refractivity contribution in [3.63, 3.8) is 0 Å². The van der Waals surface area contributed by atoms with Gasteiger partial charge in [0, 0.05) is 11.4 Å². The number of rotatable bonds is 4. The molecule has 0 spiro atoms. The number of nitrogens with one attached hydrogen (secondary N) is 2. The summed E-state index contributed by atoms with van der Waals surface area (Å²) in [6.45, 7) is 0. The Labute approximate surface area is 127 Å². The highest BCUT2D eigenvalue weighted by molar-refractivity contribution is 7.92. The first-order valence-electron chi connectivity index (χ1n) is 5.85. The molecule has 0 aliphatic carbocycles. The third-order valence-electron chi connectivity index (χ3n) is 2.39. The summed E-state index contributed by atoms with van der Waals surface area (Å²) in [5.74, 6) is -0.402. The average Bonchev–Trinajstić information content (AvgIpc) is 2.39. The zero-order valence-corrected chi connectivity index (χ0v) is 12.6. The smallest absolute Gasteiger partial charge is 0.274 e. The zero-order chi connectivity index (χ0) is 15.5. The normalized spacial score (nSPS) is 11.0. The van der Waals surface area contributed by atoms with Crippen LogP contribution in [0.5, 0.6) is 0 Å². The SMILES string of the molecule is CS(=O)(=O)Nc1ccc(NC(=O)c2cccc(Cl)n2)cc1. The molecule has 0 saturated heterocycles. The van der Waals surface area contributed by atoms with Gasteiger partial charge in [-0.25, -0.2) is 13.4 Å². The van der Waals surface area contributed by atoms with E-state index in [1.807, 2.05) is 0 Å². The summed E-state index contributed by atoms with van der Waals surface area (Å²) in [5.41, 5.74) is 1.12. The number of anilines is 2. The first-order valence-corrected chi connectivity index (χ1v) is 8.12. The van der Waals surface area contributed by atoms with Crippen molar-refractivity contribution in [2.24, 2.45) is 0 Å². The van der Waals surface area contributed by atoms with E-state index in [0.717, 1.165) is 6.26 Å². The fraction of sp³-hybridized carbons (Fsp3) is 0.0769. The molecule has 8 heteroatoms. The van der Waals surface area contributed by atoms with Crippen LogP contribution in [0.3, 0.4) is 0 Å². The maximum atomic E-state index is 11.9. The van der Waals surface area contributed by atoms with E-state index >= 15 is 0 Å². The van der Waals surface area contributed by atoms with Crippen LogP contribution >= 0.6 is 11.6 Å². The van der Waals surface area contributed by atoms with Crippen molar-refractivity contribution in [1.82, 2.24) is 4.98 Å². The van der Waals surface area contributed by atoms with Gasteiger partial charge in [-0.3, -0.25) is 9.52 Å². The number of aromatic nitrogens is 1. The molecule has 2 N–H and O–H groups in total. The van der Waals surface area contributed by atoms with Gasteiger partial charge in [-0.15, -0.1) is 0 Å². The number of hydrogen-bond donors (Lipinski definition) is 2. The van der Waals surface area contributed by atoms with Crippen molar-refractivity contribution in [3.05, 3.63) is 53.3 Å². The maximum Gasteiger partial charge on any atom is 0.274 e. The maximum absolute atomic E-state index is 11.9. The van der Waals surface area contributed by atoms with Gasteiger partial charge in [0.15, 0.2) is 0 Å². The molecule has 2 rings (SSSR count). The van der Waals surface area contributed by atoms with E-state index in [0.29, 0.717) is 11.4 Å². The van der Waals surface area contributed by atoms with Crippen LogP contribution in [-0.4, -0.2) is 25.6 Å². The predicted molar refractivity (Wildman–Crippen MR) is 82.1 cm³/mol. The molecule has 0 bridgehead atoms. The lowest BCUT2D eigenvalue weighted by Crippen LogP contribution is -2.14. The lowest BCUT2D eigenvalue weighted by atomic mass is 10.2. The third kappa shape index (κ3) is 4.73. The number of benzene rings is 1. The van der Waals surface area contributed by atoms with Crippen LogP contribution in [-0.2, 0) is 10.0 Å². The minimum Gasteiger partial charge on any atom is -0.321 e. The highest BCUT2D eigenvalue weighted by atomic mass is 35.5. The molecule has 0 fully saturated rings. The van der Waals surface area contributed by atoms with Crippen LogP contribution in [0.4, 0.5) is 11.4 Å². The van der Waals surface area contributed by atoms with Crippen LogP contribution in [0.15, 0.2) is 42.5 Å². The zero-order valence-electron chi connectivity index (χ0n) is 11.0. The number of hydrogen-bond acceptors (Lipinski definition) is 4. The average molecular weight is 326 g/mol. The Balaban J connectivity index is 2.08. The molecule has 0 radical (unpaired) electrons. The first-order chi connectivity index (χ1) is 9.83. The monoisotopic (exact) mass is 325 g/mol. The lowest BCUT2D eigenvalue weighted by Gasteiger charge is -2.07. The summed E-state index contributed by atoms with van der Waals surface area (Å²) in [4.78, 5) is 15.8. The van der Waals surface area contributed by atoms with Crippen molar-refractivity contribution >= 4 is 38.9 Å². The van der Waals surface area contributed by atoms with Gasteiger partial charge in [0.25, 0.3) is 5.91 Å². The molecular formula is C13H12ClN3O3S. The van der Waals surface area contributed by atoms with Crippen LogP contribution in [0.25, 0.3) is 0 Å². The van der Waals surface area contributed by atoms with E-state index in [1.165, 1.54) is 0 Å². The number of sulfonamides is 1. The summed E-state index contributed by atoms with van der Waals surface area (Å²) in [6, 6.07) is 11.0. The second-order valence-electron chi connectivity index (χ2n) is 4.25. The molecule has 0 saturated carbocycles. The van der Waals surface area contributed by atoms with Crippen LogP contribution < -0.4 is 10.0 Å². The van der Waals surface area contributed by atoms with Gasteiger partial charge in [-0.1, -0.05) is 17.7 Å². The van der Waals surface area contributed by atoms with Gasteiger partial charge in [-0.05, 0) is 36.4 Å². The number of halogens is 1. The third-order valence-corrected chi connectivity index (χ3v) is 3.21. The molecule has 1 aromatic heterocycles. The molecule has 0 atom stereocenters.